The minimum Gasteiger partial charge on any atom is -0.480 e. The van der Waals surface area contributed by atoms with Crippen molar-refractivity contribution in [2.24, 2.45) is 0 Å². The smallest absolute Gasteiger partial charge is 0.326 e. The summed E-state index contributed by atoms with van der Waals surface area (Å²) in [6, 6.07) is 5.93. The van der Waals surface area contributed by atoms with E-state index in [0.29, 0.717) is 11.3 Å². The molecule has 1 aromatic rings. The average molecular weight is 334 g/mol. The van der Waals surface area contributed by atoms with Crippen molar-refractivity contribution >= 4 is 57.3 Å². The van der Waals surface area contributed by atoms with Gasteiger partial charge in [-0.1, -0.05) is 42.2 Å². The van der Waals surface area contributed by atoms with Gasteiger partial charge in [0.25, 0.3) is 11.8 Å². The van der Waals surface area contributed by atoms with Crippen LogP contribution in [0.25, 0.3) is 5.57 Å². The summed E-state index contributed by atoms with van der Waals surface area (Å²) in [5, 5.41) is 11.8. The Bertz CT molecular complexity index is 772. The van der Waals surface area contributed by atoms with Crippen LogP contribution < -0.4 is 5.32 Å². The van der Waals surface area contributed by atoms with Gasteiger partial charge in [-0.2, -0.15) is 0 Å². The summed E-state index contributed by atoms with van der Waals surface area (Å²) >= 11 is 6.06. The Morgan fingerprint density at radius 2 is 2.05 bits per heavy atom. The number of para-hydroxylation sites is 1. The molecule has 1 fully saturated rings. The second-order valence-corrected chi connectivity index (χ2v) is 6.41. The number of nitrogens with one attached hydrogen (secondary N) is 1. The van der Waals surface area contributed by atoms with Crippen LogP contribution in [0.15, 0.2) is 29.2 Å². The summed E-state index contributed by atoms with van der Waals surface area (Å²) in [5.41, 5.74) is 1.49. The maximum Gasteiger partial charge on any atom is 0.326 e. The Morgan fingerprint density at radius 3 is 2.73 bits per heavy atom. The van der Waals surface area contributed by atoms with Crippen molar-refractivity contribution in [2.75, 3.05) is 5.32 Å². The molecule has 2 aliphatic heterocycles. The van der Waals surface area contributed by atoms with Crippen molar-refractivity contribution in [1.82, 2.24) is 4.90 Å². The molecular weight excluding hydrogens is 324 g/mol. The number of thioether (sulfide) groups is 1. The fourth-order valence-corrected chi connectivity index (χ4v) is 3.81. The predicted octanol–water partition coefficient (Wildman–Crippen LogP) is 1.68. The minimum atomic E-state index is -1.15. The molecule has 112 valence electrons. The predicted molar refractivity (Wildman–Crippen MR) is 86.1 cm³/mol. The van der Waals surface area contributed by atoms with Crippen LogP contribution in [0.3, 0.4) is 0 Å². The Balaban J connectivity index is 2.10. The van der Waals surface area contributed by atoms with E-state index >= 15 is 0 Å². The van der Waals surface area contributed by atoms with Crippen molar-refractivity contribution in [3.8, 4) is 0 Å². The van der Waals surface area contributed by atoms with Crippen LogP contribution in [0, 0.1) is 0 Å². The first-order valence-electron chi connectivity index (χ1n) is 6.35. The molecule has 6 nitrogen and oxygen atoms in total. The maximum atomic E-state index is 12.5. The van der Waals surface area contributed by atoms with Gasteiger partial charge in [0.05, 0.1) is 10.5 Å². The lowest BCUT2D eigenvalue weighted by Crippen LogP contribution is -2.41. The van der Waals surface area contributed by atoms with Crippen LogP contribution in [0.4, 0.5) is 5.69 Å². The number of nitrogens with zero attached hydrogens (tertiary/aromatic N) is 1. The molecule has 0 bridgehead atoms. The number of thiocarbonyl (C=S) groups is 1. The van der Waals surface area contributed by atoms with Crippen LogP contribution in [-0.2, 0) is 14.4 Å². The summed E-state index contributed by atoms with van der Waals surface area (Å²) in [6.07, 6.45) is 0. The standard InChI is InChI=1S/C14H10N2O4S2/c1-6(13(19)20)16-12(18)10(22-14(16)21)9-7-4-2-3-5-8(7)15-11(9)17/h2-6H,1H3,(H,15,17)(H,19,20)/b10-9-. The van der Waals surface area contributed by atoms with E-state index in [1.807, 2.05) is 0 Å². The van der Waals surface area contributed by atoms with Gasteiger partial charge in [0.2, 0.25) is 0 Å². The third-order valence-corrected chi connectivity index (χ3v) is 4.84. The van der Waals surface area contributed by atoms with Gasteiger partial charge in [0, 0.05) is 11.3 Å². The number of hydrogen-bond donors (Lipinski definition) is 2. The summed E-state index contributed by atoms with van der Waals surface area (Å²) in [6.45, 7) is 1.38. The van der Waals surface area contributed by atoms with E-state index in [1.165, 1.54) is 6.92 Å². The Kier molecular flexibility index (Phi) is 3.50. The van der Waals surface area contributed by atoms with Crippen LogP contribution in [0.1, 0.15) is 12.5 Å². The number of hydrogen-bond acceptors (Lipinski definition) is 5. The van der Waals surface area contributed by atoms with Crippen molar-refractivity contribution in [3.63, 3.8) is 0 Å². The normalized spacial score (nSPS) is 21.9. The van der Waals surface area contributed by atoms with Crippen molar-refractivity contribution < 1.29 is 19.5 Å². The fraction of sp³-hybridized carbons (Fsp3) is 0.143. The van der Waals surface area contributed by atoms with Crippen LogP contribution in [-0.4, -0.2) is 38.2 Å². The second-order valence-electron chi connectivity index (χ2n) is 4.76. The summed E-state index contributed by atoms with van der Waals surface area (Å²) in [4.78, 5) is 37.0. The van der Waals surface area contributed by atoms with Gasteiger partial charge in [0.1, 0.15) is 10.4 Å². The molecule has 2 amide bonds. The highest BCUT2D eigenvalue weighted by Gasteiger charge is 2.42. The molecule has 22 heavy (non-hydrogen) atoms. The summed E-state index contributed by atoms with van der Waals surface area (Å²) < 4.78 is 0.139. The molecule has 1 saturated heterocycles. The molecule has 0 aromatic heterocycles. The number of amides is 2. The number of benzene rings is 1. The quantitative estimate of drug-likeness (QED) is 0.632. The fourth-order valence-electron chi connectivity index (χ4n) is 2.32. The highest BCUT2D eigenvalue weighted by Crippen LogP contribution is 2.42. The van der Waals surface area contributed by atoms with Crippen molar-refractivity contribution in [2.45, 2.75) is 13.0 Å². The topological polar surface area (TPSA) is 86.7 Å². The van der Waals surface area contributed by atoms with Gasteiger partial charge in [-0.3, -0.25) is 14.5 Å². The third-order valence-electron chi connectivity index (χ3n) is 3.44. The molecule has 8 heteroatoms. The van der Waals surface area contributed by atoms with Gasteiger partial charge in [0.15, 0.2) is 0 Å². The van der Waals surface area contributed by atoms with E-state index in [1.54, 1.807) is 24.3 Å². The number of carboxylic acids is 1. The third kappa shape index (κ3) is 2.11. The highest BCUT2D eigenvalue weighted by molar-refractivity contribution is 8.26. The Morgan fingerprint density at radius 1 is 1.36 bits per heavy atom. The van der Waals surface area contributed by atoms with Gasteiger partial charge in [-0.25, -0.2) is 4.79 Å². The molecule has 0 spiro atoms. The molecule has 2 aliphatic rings. The number of fused-ring (bicyclic) bond motifs is 1. The van der Waals surface area contributed by atoms with Crippen molar-refractivity contribution in [3.05, 3.63) is 34.7 Å². The largest absolute Gasteiger partial charge is 0.480 e. The zero-order valence-electron chi connectivity index (χ0n) is 11.3. The lowest BCUT2D eigenvalue weighted by atomic mass is 10.1. The second kappa shape index (κ2) is 5.22. The molecule has 3 rings (SSSR count). The van der Waals surface area contributed by atoms with Crippen LogP contribution in [0.2, 0.25) is 0 Å². The zero-order chi connectivity index (χ0) is 16.0. The van der Waals surface area contributed by atoms with Crippen LogP contribution >= 0.6 is 24.0 Å². The minimum absolute atomic E-state index is 0.139. The lowest BCUT2D eigenvalue weighted by molar-refractivity contribution is -0.144. The molecule has 1 atom stereocenters. The first-order chi connectivity index (χ1) is 10.4. The average Bonchev–Trinajstić information content (AvgIpc) is 2.94. The van der Waals surface area contributed by atoms with E-state index in [9.17, 15) is 14.4 Å². The number of carboxylic acid groups (broad SMARTS) is 1. The molecule has 0 aliphatic carbocycles. The molecule has 0 saturated carbocycles. The van der Waals surface area contributed by atoms with Gasteiger partial charge < -0.3 is 10.4 Å². The van der Waals surface area contributed by atoms with Crippen LogP contribution in [0.5, 0.6) is 0 Å². The Labute approximate surface area is 135 Å². The molecule has 1 unspecified atom stereocenters. The van der Waals surface area contributed by atoms with E-state index in [2.05, 4.69) is 5.32 Å². The first-order valence-corrected chi connectivity index (χ1v) is 7.57. The number of aliphatic carboxylic acids is 1. The number of anilines is 1. The molecule has 0 radical (unpaired) electrons. The monoisotopic (exact) mass is 334 g/mol. The maximum absolute atomic E-state index is 12.5. The van der Waals surface area contributed by atoms with Gasteiger partial charge in [-0.05, 0) is 13.0 Å². The molecule has 2 N–H and O–H groups in total. The van der Waals surface area contributed by atoms with E-state index in [4.69, 9.17) is 17.3 Å². The van der Waals surface area contributed by atoms with E-state index in [-0.39, 0.29) is 20.7 Å². The highest BCUT2D eigenvalue weighted by atomic mass is 32.2. The van der Waals surface area contributed by atoms with Gasteiger partial charge in [-0.15, -0.1) is 0 Å². The molecule has 1 aromatic carbocycles. The van der Waals surface area contributed by atoms with E-state index in [0.717, 1.165) is 16.7 Å². The summed E-state index contributed by atoms with van der Waals surface area (Å²) in [5.74, 6) is -2.09. The SMILES string of the molecule is CC(C(=O)O)N1C(=O)/C(=C2/C(=O)Nc3ccccc32)SC1=S. The zero-order valence-corrected chi connectivity index (χ0v) is 13.0. The number of rotatable bonds is 2. The lowest BCUT2D eigenvalue weighted by Gasteiger charge is -2.18. The summed E-state index contributed by atoms with van der Waals surface area (Å²) in [7, 11) is 0. The number of carbonyl (C=O) groups excluding carboxylic acids is 2. The van der Waals surface area contributed by atoms with Gasteiger partial charge >= 0.3 is 5.97 Å². The first kappa shape index (κ1) is 14.7. The number of carbonyl (C=O) groups is 3. The molecule has 2 heterocycles. The molecular formula is C14H10N2O4S2. The Hall–Kier alpha value is -2.19. The van der Waals surface area contributed by atoms with E-state index < -0.39 is 17.9 Å². The van der Waals surface area contributed by atoms with Crippen molar-refractivity contribution in [1.29, 1.82) is 0 Å².